The van der Waals surface area contributed by atoms with Gasteiger partial charge in [0.15, 0.2) is 0 Å². The van der Waals surface area contributed by atoms with E-state index in [2.05, 4.69) is 47.6 Å². The molecule has 3 rings (SSSR count). The predicted molar refractivity (Wildman–Crippen MR) is 70.8 cm³/mol. The number of rotatable bonds is 4. The molecule has 0 spiro atoms. The molecule has 1 aromatic carbocycles. The molecule has 0 radical (unpaired) electrons. The zero-order valence-corrected chi connectivity index (χ0v) is 10.6. The van der Waals surface area contributed by atoms with Crippen LogP contribution in [0.2, 0.25) is 0 Å². The van der Waals surface area contributed by atoms with Crippen molar-refractivity contribution in [3.05, 3.63) is 35.9 Å². The molecule has 1 saturated carbocycles. The number of likely N-dealkylation sites (tertiary alicyclic amines) is 1. The summed E-state index contributed by atoms with van der Waals surface area (Å²) in [6, 6.07) is 11.7. The standard InChI is InChI=1S/C15H22N2/c1-16-15-9-14(15)13-7-8-17(11-13)10-12-5-3-2-4-6-12/h2-6,13-16H,7-11H2,1H3. The molecule has 2 heteroatoms. The highest BCUT2D eigenvalue weighted by molar-refractivity contribution is 5.14. The number of hydrogen-bond donors (Lipinski definition) is 1. The van der Waals surface area contributed by atoms with Crippen molar-refractivity contribution in [3.8, 4) is 0 Å². The Balaban J connectivity index is 1.51. The third-order valence-electron chi connectivity index (χ3n) is 4.37. The lowest BCUT2D eigenvalue weighted by atomic mass is 10.0. The van der Waals surface area contributed by atoms with Gasteiger partial charge in [-0.1, -0.05) is 30.3 Å². The Labute approximate surface area is 104 Å². The zero-order valence-electron chi connectivity index (χ0n) is 10.6. The number of nitrogens with one attached hydrogen (secondary N) is 1. The average molecular weight is 230 g/mol. The highest BCUT2D eigenvalue weighted by atomic mass is 15.1. The normalized spacial score (nSPS) is 32.9. The predicted octanol–water partition coefficient (Wildman–Crippen LogP) is 2.12. The summed E-state index contributed by atoms with van der Waals surface area (Å²) in [7, 11) is 2.10. The molecular formula is C15H22N2. The summed E-state index contributed by atoms with van der Waals surface area (Å²) in [5, 5.41) is 3.41. The summed E-state index contributed by atoms with van der Waals surface area (Å²) in [6.45, 7) is 3.72. The quantitative estimate of drug-likeness (QED) is 0.852. The summed E-state index contributed by atoms with van der Waals surface area (Å²) in [5.74, 6) is 1.90. The second-order valence-corrected chi connectivity index (χ2v) is 5.56. The van der Waals surface area contributed by atoms with Gasteiger partial charge in [0, 0.05) is 19.1 Å². The molecule has 3 unspecified atom stereocenters. The second kappa shape index (κ2) is 4.79. The lowest BCUT2D eigenvalue weighted by Crippen LogP contribution is -2.22. The van der Waals surface area contributed by atoms with Crippen molar-refractivity contribution in [1.82, 2.24) is 10.2 Å². The molecule has 1 aromatic rings. The lowest BCUT2D eigenvalue weighted by molar-refractivity contribution is 0.308. The smallest absolute Gasteiger partial charge is 0.0233 e. The fraction of sp³-hybridized carbons (Fsp3) is 0.600. The molecule has 0 amide bonds. The van der Waals surface area contributed by atoms with Gasteiger partial charge in [-0.2, -0.15) is 0 Å². The van der Waals surface area contributed by atoms with Crippen molar-refractivity contribution >= 4 is 0 Å². The first-order valence-electron chi connectivity index (χ1n) is 6.80. The van der Waals surface area contributed by atoms with Crippen molar-refractivity contribution in [3.63, 3.8) is 0 Å². The molecule has 2 fully saturated rings. The van der Waals surface area contributed by atoms with Crippen LogP contribution in [0.1, 0.15) is 18.4 Å². The Morgan fingerprint density at radius 1 is 1.29 bits per heavy atom. The van der Waals surface area contributed by atoms with Gasteiger partial charge in [0.05, 0.1) is 0 Å². The van der Waals surface area contributed by atoms with Crippen LogP contribution in [0, 0.1) is 11.8 Å². The van der Waals surface area contributed by atoms with Crippen LogP contribution in [-0.2, 0) is 6.54 Å². The molecular weight excluding hydrogens is 208 g/mol. The van der Waals surface area contributed by atoms with Crippen LogP contribution in [0.3, 0.4) is 0 Å². The fourth-order valence-corrected chi connectivity index (χ4v) is 3.26. The number of benzene rings is 1. The van der Waals surface area contributed by atoms with Gasteiger partial charge in [0.25, 0.3) is 0 Å². The van der Waals surface area contributed by atoms with Crippen LogP contribution < -0.4 is 5.32 Å². The van der Waals surface area contributed by atoms with Gasteiger partial charge in [-0.05, 0) is 43.8 Å². The molecule has 1 aliphatic carbocycles. The Morgan fingerprint density at radius 3 is 2.82 bits per heavy atom. The molecule has 2 nitrogen and oxygen atoms in total. The summed E-state index contributed by atoms with van der Waals surface area (Å²) >= 11 is 0. The molecule has 1 N–H and O–H groups in total. The molecule has 0 aromatic heterocycles. The minimum Gasteiger partial charge on any atom is -0.317 e. The first kappa shape index (κ1) is 11.2. The van der Waals surface area contributed by atoms with E-state index in [9.17, 15) is 0 Å². The SMILES string of the molecule is CNC1CC1C1CCN(Cc2ccccc2)C1. The number of nitrogens with zero attached hydrogens (tertiary/aromatic N) is 1. The lowest BCUT2D eigenvalue weighted by Gasteiger charge is -2.16. The minimum atomic E-state index is 0.816. The fourth-order valence-electron chi connectivity index (χ4n) is 3.26. The third kappa shape index (κ3) is 2.53. The average Bonchev–Trinajstić information content (AvgIpc) is 3.03. The van der Waals surface area contributed by atoms with Crippen molar-refractivity contribution < 1.29 is 0 Å². The van der Waals surface area contributed by atoms with Gasteiger partial charge in [-0.25, -0.2) is 0 Å². The maximum absolute atomic E-state index is 3.41. The Hall–Kier alpha value is -0.860. The maximum Gasteiger partial charge on any atom is 0.0233 e. The van der Waals surface area contributed by atoms with E-state index in [0.29, 0.717) is 0 Å². The third-order valence-corrected chi connectivity index (χ3v) is 4.37. The highest BCUT2D eigenvalue weighted by Crippen LogP contribution is 2.41. The molecule has 0 bridgehead atoms. The van der Waals surface area contributed by atoms with E-state index in [0.717, 1.165) is 24.4 Å². The first-order chi connectivity index (χ1) is 8.36. The monoisotopic (exact) mass is 230 g/mol. The summed E-state index contributed by atoms with van der Waals surface area (Å²) in [5.41, 5.74) is 1.45. The van der Waals surface area contributed by atoms with Crippen molar-refractivity contribution in [1.29, 1.82) is 0 Å². The molecule has 1 heterocycles. The van der Waals surface area contributed by atoms with E-state index in [1.54, 1.807) is 0 Å². The maximum atomic E-state index is 3.41. The van der Waals surface area contributed by atoms with Crippen LogP contribution in [-0.4, -0.2) is 31.1 Å². The van der Waals surface area contributed by atoms with Crippen molar-refractivity contribution in [2.24, 2.45) is 11.8 Å². The molecule has 17 heavy (non-hydrogen) atoms. The van der Waals surface area contributed by atoms with Crippen LogP contribution in [0.4, 0.5) is 0 Å². The van der Waals surface area contributed by atoms with E-state index >= 15 is 0 Å². The topological polar surface area (TPSA) is 15.3 Å². The Kier molecular flexibility index (Phi) is 3.17. The van der Waals surface area contributed by atoms with E-state index in [-0.39, 0.29) is 0 Å². The van der Waals surface area contributed by atoms with Crippen LogP contribution in [0.15, 0.2) is 30.3 Å². The van der Waals surface area contributed by atoms with E-state index in [1.165, 1.54) is 31.5 Å². The van der Waals surface area contributed by atoms with E-state index in [1.807, 2.05) is 0 Å². The van der Waals surface area contributed by atoms with Gasteiger partial charge in [-0.3, -0.25) is 4.90 Å². The van der Waals surface area contributed by atoms with Crippen molar-refractivity contribution in [2.45, 2.75) is 25.4 Å². The minimum absolute atomic E-state index is 0.816. The molecule has 92 valence electrons. The molecule has 3 atom stereocenters. The van der Waals surface area contributed by atoms with Crippen LogP contribution in [0.25, 0.3) is 0 Å². The summed E-state index contributed by atoms with van der Waals surface area (Å²) < 4.78 is 0. The van der Waals surface area contributed by atoms with Gasteiger partial charge in [0.1, 0.15) is 0 Å². The molecule has 1 aliphatic heterocycles. The zero-order chi connectivity index (χ0) is 11.7. The van der Waals surface area contributed by atoms with Gasteiger partial charge < -0.3 is 5.32 Å². The van der Waals surface area contributed by atoms with E-state index < -0.39 is 0 Å². The van der Waals surface area contributed by atoms with Crippen LogP contribution in [0.5, 0.6) is 0 Å². The summed E-state index contributed by atoms with van der Waals surface area (Å²) in [4.78, 5) is 2.62. The first-order valence-corrected chi connectivity index (χ1v) is 6.80. The van der Waals surface area contributed by atoms with Crippen LogP contribution >= 0.6 is 0 Å². The summed E-state index contributed by atoms with van der Waals surface area (Å²) in [6.07, 6.45) is 2.80. The van der Waals surface area contributed by atoms with Gasteiger partial charge in [0.2, 0.25) is 0 Å². The largest absolute Gasteiger partial charge is 0.317 e. The molecule has 1 saturated heterocycles. The van der Waals surface area contributed by atoms with Crippen molar-refractivity contribution in [2.75, 3.05) is 20.1 Å². The molecule has 2 aliphatic rings. The highest BCUT2D eigenvalue weighted by Gasteiger charge is 2.43. The van der Waals surface area contributed by atoms with Gasteiger partial charge >= 0.3 is 0 Å². The Bertz CT molecular complexity index is 362. The Morgan fingerprint density at radius 2 is 2.12 bits per heavy atom. The second-order valence-electron chi connectivity index (χ2n) is 5.56. The number of hydrogen-bond acceptors (Lipinski definition) is 2. The van der Waals surface area contributed by atoms with Gasteiger partial charge in [-0.15, -0.1) is 0 Å². The van der Waals surface area contributed by atoms with E-state index in [4.69, 9.17) is 0 Å².